The van der Waals surface area contributed by atoms with Gasteiger partial charge in [0, 0.05) is 31.7 Å². The molecule has 1 aromatic rings. The number of rotatable bonds is 3. The van der Waals surface area contributed by atoms with E-state index in [0.29, 0.717) is 11.1 Å². The maximum atomic E-state index is 12.3. The van der Waals surface area contributed by atoms with Crippen LogP contribution in [-0.2, 0) is 4.79 Å². The van der Waals surface area contributed by atoms with Gasteiger partial charge in [-0.25, -0.2) is 0 Å². The average molecular weight is 296 g/mol. The summed E-state index contributed by atoms with van der Waals surface area (Å²) in [5.74, 6) is 0.172. The smallest absolute Gasteiger partial charge is 0.227 e. The maximum absolute atomic E-state index is 12.3. The van der Waals surface area contributed by atoms with E-state index in [2.05, 4.69) is 17.6 Å². The lowest BCUT2D eigenvalue weighted by Crippen LogP contribution is -2.40. The van der Waals surface area contributed by atoms with Crippen LogP contribution in [0, 0.1) is 5.92 Å². The van der Waals surface area contributed by atoms with E-state index < -0.39 is 0 Å². The minimum Gasteiger partial charge on any atom is -0.376 e. The number of hydrogen-bond donors (Lipinski definition) is 2. The molecule has 1 aliphatic rings. The van der Waals surface area contributed by atoms with Gasteiger partial charge in [0.25, 0.3) is 0 Å². The minimum absolute atomic E-state index is 0.0820. The molecule has 1 saturated heterocycles. The highest BCUT2D eigenvalue weighted by Crippen LogP contribution is 2.28. The number of amides is 1. The second kappa shape index (κ2) is 6.46. The molecule has 4 nitrogen and oxygen atoms in total. The van der Waals surface area contributed by atoms with E-state index in [4.69, 9.17) is 11.6 Å². The molecule has 110 valence electrons. The second-order valence-corrected chi connectivity index (χ2v) is 6.03. The summed E-state index contributed by atoms with van der Waals surface area (Å²) in [7, 11) is 3.88. The molecule has 0 spiro atoms. The fraction of sp³-hybridized carbons (Fsp3) is 0.533. The predicted octanol–water partition coefficient (Wildman–Crippen LogP) is 2.73. The Kier molecular flexibility index (Phi) is 4.89. The summed E-state index contributed by atoms with van der Waals surface area (Å²) in [4.78, 5) is 14.2. The van der Waals surface area contributed by atoms with Gasteiger partial charge in [-0.1, -0.05) is 11.6 Å². The Morgan fingerprint density at radius 1 is 1.45 bits per heavy atom. The number of carbonyl (C=O) groups excluding carboxylic acids is 1. The van der Waals surface area contributed by atoms with Gasteiger partial charge in [0.05, 0.1) is 10.7 Å². The normalized spacial score (nSPS) is 22.4. The molecule has 20 heavy (non-hydrogen) atoms. The van der Waals surface area contributed by atoms with Gasteiger partial charge in [-0.15, -0.1) is 0 Å². The van der Waals surface area contributed by atoms with Crippen molar-refractivity contribution in [2.45, 2.75) is 25.8 Å². The number of hydrogen-bond acceptors (Lipinski definition) is 3. The van der Waals surface area contributed by atoms with E-state index in [1.54, 1.807) is 6.07 Å². The Morgan fingerprint density at radius 3 is 2.80 bits per heavy atom. The Morgan fingerprint density at radius 2 is 2.20 bits per heavy atom. The van der Waals surface area contributed by atoms with Crippen molar-refractivity contribution in [2.75, 3.05) is 30.9 Å². The second-order valence-electron chi connectivity index (χ2n) is 5.63. The topological polar surface area (TPSA) is 44.4 Å². The first-order chi connectivity index (χ1) is 9.47. The van der Waals surface area contributed by atoms with Gasteiger partial charge in [0.1, 0.15) is 0 Å². The van der Waals surface area contributed by atoms with Crippen LogP contribution in [0.2, 0.25) is 5.02 Å². The van der Waals surface area contributed by atoms with E-state index in [-0.39, 0.29) is 11.8 Å². The Hall–Kier alpha value is -1.26. The first-order valence-corrected chi connectivity index (χ1v) is 7.36. The van der Waals surface area contributed by atoms with Crippen molar-refractivity contribution < 1.29 is 4.79 Å². The predicted molar refractivity (Wildman–Crippen MR) is 84.6 cm³/mol. The molecule has 2 atom stereocenters. The van der Waals surface area contributed by atoms with Crippen molar-refractivity contribution in [3.8, 4) is 0 Å². The number of nitrogens with zero attached hydrogens (tertiary/aromatic N) is 1. The van der Waals surface area contributed by atoms with Crippen LogP contribution in [0.1, 0.15) is 19.8 Å². The number of anilines is 2. The van der Waals surface area contributed by atoms with Crippen LogP contribution in [0.4, 0.5) is 11.4 Å². The van der Waals surface area contributed by atoms with Crippen LogP contribution in [0.15, 0.2) is 18.2 Å². The monoisotopic (exact) mass is 295 g/mol. The minimum atomic E-state index is 0.0820. The highest BCUT2D eigenvalue weighted by molar-refractivity contribution is 6.33. The first kappa shape index (κ1) is 15.1. The van der Waals surface area contributed by atoms with Crippen LogP contribution < -0.4 is 15.5 Å². The molecule has 0 saturated carbocycles. The third-order valence-electron chi connectivity index (χ3n) is 3.69. The molecular formula is C15H22ClN3O. The van der Waals surface area contributed by atoms with E-state index in [9.17, 15) is 4.79 Å². The lowest BCUT2D eigenvalue weighted by Gasteiger charge is -2.27. The molecule has 2 unspecified atom stereocenters. The Balaban J connectivity index is 2.02. The molecular weight excluding hydrogens is 274 g/mol. The SMILES string of the molecule is CC1CC(C(=O)Nc2ccc(N(C)C)c(Cl)c2)CCN1. The summed E-state index contributed by atoms with van der Waals surface area (Å²) in [6.45, 7) is 3.02. The van der Waals surface area contributed by atoms with Crippen LogP contribution in [-0.4, -0.2) is 32.6 Å². The van der Waals surface area contributed by atoms with Gasteiger partial charge in [-0.05, 0) is 44.5 Å². The van der Waals surface area contributed by atoms with Gasteiger partial charge >= 0.3 is 0 Å². The van der Waals surface area contributed by atoms with Crippen molar-refractivity contribution >= 4 is 28.9 Å². The highest BCUT2D eigenvalue weighted by atomic mass is 35.5. The van der Waals surface area contributed by atoms with Crippen molar-refractivity contribution in [3.05, 3.63) is 23.2 Å². The molecule has 1 amide bonds. The third-order valence-corrected chi connectivity index (χ3v) is 3.99. The lowest BCUT2D eigenvalue weighted by molar-refractivity contribution is -0.120. The van der Waals surface area contributed by atoms with Crippen LogP contribution >= 0.6 is 11.6 Å². The van der Waals surface area contributed by atoms with Gasteiger partial charge in [-0.3, -0.25) is 4.79 Å². The molecule has 2 N–H and O–H groups in total. The fourth-order valence-corrected chi connectivity index (χ4v) is 2.91. The Bertz CT molecular complexity index is 490. The van der Waals surface area contributed by atoms with Crippen LogP contribution in [0.25, 0.3) is 0 Å². The van der Waals surface area contributed by atoms with Crippen molar-refractivity contribution in [3.63, 3.8) is 0 Å². The maximum Gasteiger partial charge on any atom is 0.227 e. The largest absolute Gasteiger partial charge is 0.376 e. The molecule has 0 radical (unpaired) electrons. The quantitative estimate of drug-likeness (QED) is 0.901. The number of piperidine rings is 1. The average Bonchev–Trinajstić information content (AvgIpc) is 2.38. The van der Waals surface area contributed by atoms with Gasteiger partial charge in [-0.2, -0.15) is 0 Å². The standard InChI is InChI=1S/C15H22ClN3O/c1-10-8-11(6-7-17-10)15(20)18-12-4-5-14(19(2)3)13(16)9-12/h4-5,9-11,17H,6-8H2,1-3H3,(H,18,20). The molecule has 2 rings (SSSR count). The van der Waals surface area contributed by atoms with E-state index in [1.165, 1.54) is 0 Å². The molecule has 0 bridgehead atoms. The molecule has 5 heteroatoms. The number of carbonyl (C=O) groups is 1. The van der Waals surface area contributed by atoms with Gasteiger partial charge in [0.2, 0.25) is 5.91 Å². The summed E-state index contributed by atoms with van der Waals surface area (Å²) in [6.07, 6.45) is 1.77. The van der Waals surface area contributed by atoms with Crippen LogP contribution in [0.3, 0.4) is 0 Å². The van der Waals surface area contributed by atoms with E-state index >= 15 is 0 Å². The number of halogens is 1. The summed E-state index contributed by atoms with van der Waals surface area (Å²) in [5.41, 5.74) is 1.71. The molecule has 1 fully saturated rings. The molecule has 1 heterocycles. The third kappa shape index (κ3) is 3.64. The first-order valence-electron chi connectivity index (χ1n) is 6.98. The molecule has 1 aromatic carbocycles. The van der Waals surface area contributed by atoms with E-state index in [0.717, 1.165) is 30.8 Å². The molecule has 1 aliphatic heterocycles. The lowest BCUT2D eigenvalue weighted by atomic mass is 9.92. The zero-order chi connectivity index (χ0) is 14.7. The Labute approximate surface area is 125 Å². The summed E-state index contributed by atoms with van der Waals surface area (Å²) in [6, 6.07) is 6.02. The van der Waals surface area contributed by atoms with E-state index in [1.807, 2.05) is 31.1 Å². The number of nitrogens with one attached hydrogen (secondary N) is 2. The van der Waals surface area contributed by atoms with Crippen LogP contribution in [0.5, 0.6) is 0 Å². The number of benzene rings is 1. The fourth-order valence-electron chi connectivity index (χ4n) is 2.56. The summed E-state index contributed by atoms with van der Waals surface area (Å²) in [5, 5.41) is 6.97. The highest BCUT2D eigenvalue weighted by Gasteiger charge is 2.24. The zero-order valence-corrected chi connectivity index (χ0v) is 13.0. The van der Waals surface area contributed by atoms with Crippen molar-refractivity contribution in [1.82, 2.24) is 5.32 Å². The summed E-state index contributed by atoms with van der Waals surface area (Å²) >= 11 is 6.21. The van der Waals surface area contributed by atoms with Crippen molar-refractivity contribution in [2.24, 2.45) is 5.92 Å². The molecule has 0 aliphatic carbocycles. The zero-order valence-electron chi connectivity index (χ0n) is 12.2. The van der Waals surface area contributed by atoms with Crippen molar-refractivity contribution in [1.29, 1.82) is 0 Å². The molecule has 0 aromatic heterocycles. The summed E-state index contributed by atoms with van der Waals surface area (Å²) < 4.78 is 0. The van der Waals surface area contributed by atoms with Gasteiger partial charge < -0.3 is 15.5 Å². The van der Waals surface area contributed by atoms with Gasteiger partial charge in [0.15, 0.2) is 0 Å².